The second kappa shape index (κ2) is 9.05. The molecule has 1 rings (SSSR count). The molecule has 0 amide bonds. The van der Waals surface area contributed by atoms with Gasteiger partial charge in [-0.25, -0.2) is 4.39 Å². The molecule has 0 saturated heterocycles. The highest BCUT2D eigenvalue weighted by Crippen LogP contribution is 2.19. The number of hydrogen-bond donors (Lipinski definition) is 1. The van der Waals surface area contributed by atoms with Crippen molar-refractivity contribution < 1.29 is 9.13 Å². The number of rotatable bonds is 9. The summed E-state index contributed by atoms with van der Waals surface area (Å²) in [4.78, 5) is 0. The molecule has 0 heterocycles. The summed E-state index contributed by atoms with van der Waals surface area (Å²) < 4.78 is 18.6. The molecule has 19 heavy (non-hydrogen) atoms. The molecule has 0 fully saturated rings. The smallest absolute Gasteiger partial charge is 0.123 e. The molecule has 1 unspecified atom stereocenters. The summed E-state index contributed by atoms with van der Waals surface area (Å²) in [5, 5.41) is 3.44. The third-order valence-corrected chi connectivity index (χ3v) is 3.08. The van der Waals surface area contributed by atoms with Gasteiger partial charge in [0.25, 0.3) is 0 Å². The van der Waals surface area contributed by atoms with Gasteiger partial charge in [0.1, 0.15) is 5.82 Å². The van der Waals surface area contributed by atoms with Crippen molar-refractivity contribution in [1.29, 1.82) is 0 Å². The normalized spacial score (nSPS) is 12.9. The van der Waals surface area contributed by atoms with Crippen molar-refractivity contribution in [3.63, 3.8) is 0 Å². The van der Waals surface area contributed by atoms with Crippen LogP contribution in [-0.2, 0) is 4.74 Å². The van der Waals surface area contributed by atoms with Gasteiger partial charge in [-0.1, -0.05) is 19.1 Å². The number of benzene rings is 1. The summed E-state index contributed by atoms with van der Waals surface area (Å²) in [6.07, 6.45) is 2.34. The molecule has 2 nitrogen and oxygen atoms in total. The predicted molar refractivity (Wildman–Crippen MR) is 78.0 cm³/mol. The van der Waals surface area contributed by atoms with E-state index in [0.29, 0.717) is 5.92 Å². The minimum absolute atomic E-state index is 0.178. The van der Waals surface area contributed by atoms with Crippen LogP contribution in [0.2, 0.25) is 0 Å². The Morgan fingerprint density at radius 1 is 1.21 bits per heavy atom. The molecule has 0 aliphatic rings. The van der Waals surface area contributed by atoms with E-state index in [4.69, 9.17) is 4.74 Å². The first-order valence-corrected chi connectivity index (χ1v) is 7.21. The highest BCUT2D eigenvalue weighted by Gasteiger charge is 2.11. The standard InChI is InChI=1S/C16H26FNO/c1-4-10-18-12-15(9-11-19-13(2)3)14-5-7-16(17)8-6-14/h5-8,13,15,18H,4,9-12H2,1-3H3. The largest absolute Gasteiger partial charge is 0.379 e. The van der Waals surface area contributed by atoms with Crippen molar-refractivity contribution in [2.75, 3.05) is 19.7 Å². The third kappa shape index (κ3) is 6.69. The lowest BCUT2D eigenvalue weighted by molar-refractivity contribution is 0.0733. The summed E-state index contributed by atoms with van der Waals surface area (Å²) in [6.45, 7) is 8.92. The molecule has 0 spiro atoms. The van der Waals surface area contributed by atoms with E-state index in [1.807, 2.05) is 26.0 Å². The SMILES string of the molecule is CCCNCC(CCOC(C)C)c1ccc(F)cc1. The molecule has 0 aliphatic heterocycles. The van der Waals surface area contributed by atoms with E-state index in [2.05, 4.69) is 12.2 Å². The summed E-state index contributed by atoms with van der Waals surface area (Å²) in [6, 6.07) is 6.82. The van der Waals surface area contributed by atoms with E-state index >= 15 is 0 Å². The van der Waals surface area contributed by atoms with Crippen molar-refractivity contribution in [3.05, 3.63) is 35.6 Å². The van der Waals surface area contributed by atoms with Gasteiger partial charge in [0.2, 0.25) is 0 Å². The second-order valence-corrected chi connectivity index (χ2v) is 5.16. The average molecular weight is 267 g/mol. The lowest BCUT2D eigenvalue weighted by atomic mass is 9.96. The molecule has 0 aromatic heterocycles. The minimum atomic E-state index is -0.178. The summed E-state index contributed by atoms with van der Waals surface area (Å²) >= 11 is 0. The van der Waals surface area contributed by atoms with Gasteiger partial charge in [0.05, 0.1) is 6.10 Å². The lowest BCUT2D eigenvalue weighted by Gasteiger charge is -2.19. The molecule has 1 aromatic carbocycles. The van der Waals surface area contributed by atoms with E-state index in [1.165, 1.54) is 17.7 Å². The fraction of sp³-hybridized carbons (Fsp3) is 0.625. The van der Waals surface area contributed by atoms with Gasteiger partial charge in [0.15, 0.2) is 0 Å². The highest BCUT2D eigenvalue weighted by molar-refractivity contribution is 5.20. The first kappa shape index (κ1) is 16.1. The quantitative estimate of drug-likeness (QED) is 0.688. The summed E-state index contributed by atoms with van der Waals surface area (Å²) in [5.74, 6) is 0.202. The maximum atomic E-state index is 13.0. The molecule has 1 atom stereocenters. The molecule has 1 aromatic rings. The molecule has 3 heteroatoms. The van der Waals surface area contributed by atoms with Crippen LogP contribution in [0.4, 0.5) is 4.39 Å². The number of halogens is 1. The van der Waals surface area contributed by atoms with E-state index in [0.717, 1.165) is 32.5 Å². The fourth-order valence-corrected chi connectivity index (χ4v) is 2.02. The first-order valence-electron chi connectivity index (χ1n) is 7.21. The monoisotopic (exact) mass is 267 g/mol. The molecule has 0 aliphatic carbocycles. The maximum Gasteiger partial charge on any atom is 0.123 e. The van der Waals surface area contributed by atoms with Crippen LogP contribution in [0.15, 0.2) is 24.3 Å². The van der Waals surface area contributed by atoms with Gasteiger partial charge in [-0.05, 0) is 56.8 Å². The predicted octanol–water partition coefficient (Wildman–Crippen LogP) is 3.72. The number of nitrogens with one attached hydrogen (secondary N) is 1. The van der Waals surface area contributed by atoms with Crippen LogP contribution in [0.25, 0.3) is 0 Å². The Hall–Kier alpha value is -0.930. The van der Waals surface area contributed by atoms with E-state index in [9.17, 15) is 4.39 Å². The Balaban J connectivity index is 2.54. The zero-order valence-electron chi connectivity index (χ0n) is 12.3. The number of hydrogen-bond acceptors (Lipinski definition) is 2. The van der Waals surface area contributed by atoms with Crippen LogP contribution in [-0.4, -0.2) is 25.8 Å². The summed E-state index contributed by atoms with van der Waals surface area (Å²) in [7, 11) is 0. The number of ether oxygens (including phenoxy) is 1. The molecular weight excluding hydrogens is 241 g/mol. The molecule has 0 bridgehead atoms. The van der Waals surface area contributed by atoms with Crippen LogP contribution in [0.1, 0.15) is 45.1 Å². The van der Waals surface area contributed by atoms with Crippen molar-refractivity contribution in [1.82, 2.24) is 5.32 Å². The Morgan fingerprint density at radius 2 is 1.89 bits per heavy atom. The Labute approximate surface area is 116 Å². The van der Waals surface area contributed by atoms with Gasteiger partial charge >= 0.3 is 0 Å². The van der Waals surface area contributed by atoms with Crippen molar-refractivity contribution in [2.45, 2.75) is 45.6 Å². The Kier molecular flexibility index (Phi) is 7.68. The molecule has 0 saturated carbocycles. The van der Waals surface area contributed by atoms with Gasteiger partial charge in [-0.3, -0.25) is 0 Å². The molecule has 108 valence electrons. The third-order valence-electron chi connectivity index (χ3n) is 3.08. The van der Waals surface area contributed by atoms with Crippen LogP contribution in [0, 0.1) is 5.82 Å². The van der Waals surface area contributed by atoms with Crippen LogP contribution in [0.5, 0.6) is 0 Å². The van der Waals surface area contributed by atoms with Crippen molar-refractivity contribution >= 4 is 0 Å². The van der Waals surface area contributed by atoms with E-state index in [-0.39, 0.29) is 11.9 Å². The van der Waals surface area contributed by atoms with Crippen molar-refractivity contribution in [3.8, 4) is 0 Å². The zero-order chi connectivity index (χ0) is 14.1. The second-order valence-electron chi connectivity index (χ2n) is 5.16. The fourth-order valence-electron chi connectivity index (χ4n) is 2.02. The van der Waals surface area contributed by atoms with Gasteiger partial charge in [-0.2, -0.15) is 0 Å². The Morgan fingerprint density at radius 3 is 2.47 bits per heavy atom. The van der Waals surface area contributed by atoms with Crippen molar-refractivity contribution in [2.24, 2.45) is 0 Å². The lowest BCUT2D eigenvalue weighted by Crippen LogP contribution is -2.23. The van der Waals surface area contributed by atoms with E-state index < -0.39 is 0 Å². The van der Waals surface area contributed by atoms with Crippen LogP contribution >= 0.6 is 0 Å². The zero-order valence-corrected chi connectivity index (χ0v) is 12.3. The van der Waals surface area contributed by atoms with E-state index in [1.54, 1.807) is 0 Å². The molecule has 1 N–H and O–H groups in total. The maximum absolute atomic E-state index is 13.0. The average Bonchev–Trinajstić information content (AvgIpc) is 2.38. The highest BCUT2D eigenvalue weighted by atomic mass is 19.1. The first-order chi connectivity index (χ1) is 9.13. The summed E-state index contributed by atoms with van der Waals surface area (Å²) in [5.41, 5.74) is 1.18. The van der Waals surface area contributed by atoms with Gasteiger partial charge in [-0.15, -0.1) is 0 Å². The topological polar surface area (TPSA) is 21.3 Å². The van der Waals surface area contributed by atoms with Gasteiger partial charge < -0.3 is 10.1 Å². The minimum Gasteiger partial charge on any atom is -0.379 e. The molecule has 0 radical (unpaired) electrons. The molecular formula is C16H26FNO. The van der Waals surface area contributed by atoms with Crippen LogP contribution < -0.4 is 5.32 Å². The van der Waals surface area contributed by atoms with Gasteiger partial charge in [0, 0.05) is 13.2 Å². The van der Waals surface area contributed by atoms with Crippen LogP contribution in [0.3, 0.4) is 0 Å². The Bertz CT molecular complexity index is 337.